The number of nitrogens with zero attached hydrogens (tertiary/aromatic N) is 5. The van der Waals surface area contributed by atoms with Crippen molar-refractivity contribution >= 4 is 29.6 Å². The van der Waals surface area contributed by atoms with Crippen molar-refractivity contribution in [1.82, 2.24) is 20.2 Å². The molecule has 0 fully saturated rings. The molecule has 0 aliphatic rings. The smallest absolute Gasteiger partial charge is 0.270 e. The summed E-state index contributed by atoms with van der Waals surface area (Å²) in [6.45, 7) is 0. The van der Waals surface area contributed by atoms with Crippen LogP contribution in [-0.2, 0) is 11.8 Å². The van der Waals surface area contributed by atoms with Crippen LogP contribution < -0.4 is 5.43 Å². The molecule has 148 valence electrons. The fraction of sp³-hybridized carbons (Fsp3) is 0.111. The van der Waals surface area contributed by atoms with E-state index in [0.29, 0.717) is 11.0 Å². The number of phenolic OH excluding ortho intramolecular Hbond substituents is 1. The van der Waals surface area contributed by atoms with E-state index in [1.807, 2.05) is 37.4 Å². The van der Waals surface area contributed by atoms with E-state index in [-0.39, 0.29) is 22.8 Å². The summed E-state index contributed by atoms with van der Waals surface area (Å²) >= 11 is 1.19. The van der Waals surface area contributed by atoms with Gasteiger partial charge >= 0.3 is 0 Å². The number of aromatic nitrogens is 3. The molecular weight excluding hydrogens is 396 g/mol. The molecule has 3 rings (SSSR count). The van der Waals surface area contributed by atoms with Gasteiger partial charge in [0, 0.05) is 30.3 Å². The molecule has 1 heterocycles. The maximum Gasteiger partial charge on any atom is 0.270 e. The summed E-state index contributed by atoms with van der Waals surface area (Å²) in [6, 6.07) is 13.1. The summed E-state index contributed by atoms with van der Waals surface area (Å²) < 4.78 is 1.79. The van der Waals surface area contributed by atoms with Gasteiger partial charge in [0.05, 0.1) is 16.9 Å². The number of thioether (sulfide) groups is 1. The van der Waals surface area contributed by atoms with Crippen LogP contribution in [0.2, 0.25) is 0 Å². The maximum absolute atomic E-state index is 12.0. The fourth-order valence-electron chi connectivity index (χ4n) is 2.37. The lowest BCUT2D eigenvalue weighted by Crippen LogP contribution is -2.19. The molecule has 0 aliphatic heterocycles. The monoisotopic (exact) mass is 412 g/mol. The molecule has 10 nitrogen and oxygen atoms in total. The molecule has 2 aromatic carbocycles. The Hall–Kier alpha value is -3.73. The Morgan fingerprint density at radius 3 is 2.79 bits per heavy atom. The minimum atomic E-state index is -0.587. The number of nitro groups is 1. The van der Waals surface area contributed by atoms with Gasteiger partial charge < -0.3 is 9.67 Å². The average Bonchev–Trinajstić information content (AvgIpc) is 3.08. The van der Waals surface area contributed by atoms with Gasteiger partial charge in [0.1, 0.15) is 5.75 Å². The van der Waals surface area contributed by atoms with Crippen molar-refractivity contribution in [2.24, 2.45) is 12.1 Å². The molecule has 0 aliphatic carbocycles. The van der Waals surface area contributed by atoms with E-state index in [4.69, 9.17) is 0 Å². The van der Waals surface area contributed by atoms with Gasteiger partial charge in [-0.05, 0) is 6.07 Å². The second kappa shape index (κ2) is 8.97. The van der Waals surface area contributed by atoms with Crippen molar-refractivity contribution in [1.29, 1.82) is 0 Å². The lowest BCUT2D eigenvalue weighted by Gasteiger charge is -2.03. The minimum absolute atomic E-state index is 0.0407. The highest BCUT2D eigenvalue weighted by atomic mass is 32.2. The number of nitro benzene ring substituents is 1. The zero-order chi connectivity index (χ0) is 20.8. The third kappa shape index (κ3) is 4.96. The molecule has 1 aromatic heterocycles. The number of aromatic hydroxyl groups is 1. The van der Waals surface area contributed by atoms with Gasteiger partial charge in [-0.1, -0.05) is 42.1 Å². The first-order valence-corrected chi connectivity index (χ1v) is 9.31. The summed E-state index contributed by atoms with van der Waals surface area (Å²) in [7, 11) is 1.81. The van der Waals surface area contributed by atoms with E-state index in [2.05, 4.69) is 20.7 Å². The number of nitrogens with one attached hydrogen (secondary N) is 1. The van der Waals surface area contributed by atoms with Crippen molar-refractivity contribution in [2.45, 2.75) is 5.16 Å². The van der Waals surface area contributed by atoms with Crippen molar-refractivity contribution < 1.29 is 14.8 Å². The highest BCUT2D eigenvalue weighted by molar-refractivity contribution is 7.99. The van der Waals surface area contributed by atoms with Gasteiger partial charge in [0.15, 0.2) is 11.0 Å². The fourth-order valence-corrected chi connectivity index (χ4v) is 3.08. The minimum Gasteiger partial charge on any atom is -0.507 e. The highest BCUT2D eigenvalue weighted by Crippen LogP contribution is 2.22. The Kier molecular flexibility index (Phi) is 6.19. The maximum atomic E-state index is 12.0. The normalized spacial score (nSPS) is 10.9. The summed E-state index contributed by atoms with van der Waals surface area (Å²) in [6.07, 6.45) is 1.14. The van der Waals surface area contributed by atoms with Crippen LogP contribution >= 0.6 is 11.8 Å². The number of non-ortho nitro benzene ring substituents is 1. The summed E-state index contributed by atoms with van der Waals surface area (Å²) in [5, 5.41) is 33.0. The lowest BCUT2D eigenvalue weighted by molar-refractivity contribution is -0.384. The SMILES string of the molecule is Cn1c(SCC(=O)N/N=C/c2cc([N+](=O)[O-])ccc2O)nnc1-c1ccccc1. The largest absolute Gasteiger partial charge is 0.507 e. The zero-order valence-corrected chi connectivity index (χ0v) is 16.0. The molecule has 0 spiro atoms. The molecule has 0 radical (unpaired) electrons. The first-order chi connectivity index (χ1) is 14.0. The van der Waals surface area contributed by atoms with E-state index in [0.717, 1.165) is 17.8 Å². The molecule has 29 heavy (non-hydrogen) atoms. The third-order valence-electron chi connectivity index (χ3n) is 3.81. The van der Waals surface area contributed by atoms with Gasteiger partial charge in [-0.15, -0.1) is 10.2 Å². The average molecular weight is 412 g/mol. The summed E-state index contributed by atoms with van der Waals surface area (Å²) in [5.41, 5.74) is 3.15. The topological polar surface area (TPSA) is 136 Å². The molecule has 0 bridgehead atoms. The van der Waals surface area contributed by atoms with Gasteiger partial charge in [0.2, 0.25) is 0 Å². The van der Waals surface area contributed by atoms with Crippen LogP contribution in [-0.4, -0.2) is 42.7 Å². The van der Waals surface area contributed by atoms with E-state index in [9.17, 15) is 20.0 Å². The molecular formula is C18H16N6O4S. The van der Waals surface area contributed by atoms with Crippen LogP contribution in [0.5, 0.6) is 5.75 Å². The Balaban J connectivity index is 1.57. The number of carbonyl (C=O) groups excluding carboxylic acids is 1. The molecule has 0 saturated heterocycles. The summed E-state index contributed by atoms with van der Waals surface area (Å²) in [4.78, 5) is 22.2. The lowest BCUT2D eigenvalue weighted by atomic mass is 10.2. The van der Waals surface area contributed by atoms with Crippen molar-refractivity contribution in [3.63, 3.8) is 0 Å². The van der Waals surface area contributed by atoms with Crippen LogP contribution in [0.1, 0.15) is 5.56 Å². The predicted molar refractivity (Wildman–Crippen MR) is 108 cm³/mol. The van der Waals surface area contributed by atoms with Crippen molar-refractivity contribution in [2.75, 3.05) is 5.75 Å². The Morgan fingerprint density at radius 2 is 2.07 bits per heavy atom. The van der Waals surface area contributed by atoms with Crippen LogP contribution in [0.15, 0.2) is 58.8 Å². The Bertz CT molecular complexity index is 1070. The zero-order valence-electron chi connectivity index (χ0n) is 15.2. The molecule has 1 amide bonds. The van der Waals surface area contributed by atoms with E-state index in [1.165, 1.54) is 23.9 Å². The number of benzene rings is 2. The number of rotatable bonds is 7. The van der Waals surface area contributed by atoms with Crippen LogP contribution in [0.25, 0.3) is 11.4 Å². The first kappa shape index (κ1) is 20.0. The number of hydrazone groups is 1. The van der Waals surface area contributed by atoms with Gasteiger partial charge in [-0.2, -0.15) is 5.10 Å². The van der Waals surface area contributed by atoms with Crippen LogP contribution in [0, 0.1) is 10.1 Å². The number of phenols is 1. The van der Waals surface area contributed by atoms with Crippen LogP contribution in [0.3, 0.4) is 0 Å². The van der Waals surface area contributed by atoms with Crippen LogP contribution in [0.4, 0.5) is 5.69 Å². The number of hydrogen-bond donors (Lipinski definition) is 2. The molecule has 2 N–H and O–H groups in total. The number of carbonyl (C=O) groups is 1. The summed E-state index contributed by atoms with van der Waals surface area (Å²) in [5.74, 6) is 0.141. The molecule has 0 unspecified atom stereocenters. The Labute approximate surface area is 169 Å². The Morgan fingerprint density at radius 1 is 1.31 bits per heavy atom. The molecule has 0 atom stereocenters. The van der Waals surface area contributed by atoms with E-state index < -0.39 is 10.8 Å². The predicted octanol–water partition coefficient (Wildman–Crippen LogP) is 2.34. The van der Waals surface area contributed by atoms with Gasteiger partial charge in [0.25, 0.3) is 11.6 Å². The van der Waals surface area contributed by atoms with Crippen molar-refractivity contribution in [3.05, 3.63) is 64.2 Å². The number of hydrogen-bond acceptors (Lipinski definition) is 8. The standard InChI is InChI=1S/C18H16N6O4S/c1-23-17(12-5-3-2-4-6-12)21-22-18(23)29-11-16(26)20-19-10-13-9-14(24(27)28)7-8-15(13)25/h2-10,25H,11H2,1H3,(H,20,26)/b19-10+. The third-order valence-corrected chi connectivity index (χ3v) is 4.83. The molecule has 0 saturated carbocycles. The van der Waals surface area contributed by atoms with Gasteiger partial charge in [-0.25, -0.2) is 5.43 Å². The van der Waals surface area contributed by atoms with E-state index >= 15 is 0 Å². The first-order valence-electron chi connectivity index (χ1n) is 8.32. The number of amides is 1. The highest BCUT2D eigenvalue weighted by Gasteiger charge is 2.13. The van der Waals surface area contributed by atoms with Crippen molar-refractivity contribution in [3.8, 4) is 17.1 Å². The second-order valence-electron chi connectivity index (χ2n) is 5.81. The quantitative estimate of drug-likeness (QED) is 0.263. The molecule has 3 aromatic rings. The van der Waals surface area contributed by atoms with Gasteiger partial charge in [-0.3, -0.25) is 14.9 Å². The second-order valence-corrected chi connectivity index (χ2v) is 6.76. The molecule has 11 heteroatoms. The van der Waals surface area contributed by atoms with E-state index in [1.54, 1.807) is 4.57 Å².